The van der Waals surface area contributed by atoms with Gasteiger partial charge < -0.3 is 14.0 Å². The van der Waals surface area contributed by atoms with Crippen LogP contribution in [0.15, 0.2) is 29.3 Å². The average Bonchev–Trinajstić information content (AvgIpc) is 3.18. The molecule has 1 amide bonds. The first-order valence-corrected chi connectivity index (χ1v) is 9.94. The number of halogens is 1. The second-order valence-electron chi connectivity index (χ2n) is 5.52. The van der Waals surface area contributed by atoms with Gasteiger partial charge in [0.2, 0.25) is 0 Å². The van der Waals surface area contributed by atoms with E-state index in [-0.39, 0.29) is 5.91 Å². The van der Waals surface area contributed by atoms with E-state index in [4.69, 9.17) is 21.1 Å². The van der Waals surface area contributed by atoms with Gasteiger partial charge in [0.15, 0.2) is 16.3 Å². The Morgan fingerprint density at radius 3 is 2.68 bits per heavy atom. The number of hydrogen-bond acceptors (Lipinski definition) is 5. The first-order chi connectivity index (χ1) is 12.2. The fourth-order valence-electron chi connectivity index (χ4n) is 2.70. The van der Waals surface area contributed by atoms with Crippen LogP contribution >= 0.6 is 34.3 Å². The number of rotatable bonds is 3. The second kappa shape index (κ2) is 6.82. The summed E-state index contributed by atoms with van der Waals surface area (Å²) in [5.41, 5.74) is 1.01. The third-order valence-electron chi connectivity index (χ3n) is 3.78. The molecular weight excluding hydrogens is 380 g/mol. The second-order valence-corrected chi connectivity index (χ2v) is 8.24. The molecule has 2 aromatic heterocycles. The van der Waals surface area contributed by atoms with E-state index in [1.165, 1.54) is 22.7 Å². The number of amides is 1. The Morgan fingerprint density at radius 2 is 2.00 bits per heavy atom. The first kappa shape index (κ1) is 16.6. The van der Waals surface area contributed by atoms with Crippen molar-refractivity contribution >= 4 is 50.4 Å². The smallest absolute Gasteiger partial charge is 0.289 e. The van der Waals surface area contributed by atoms with E-state index in [1.54, 1.807) is 12.1 Å². The SMILES string of the molecule is CCCn1c(=NC(=O)c2ccc(Cl)s2)sc2cc3c(cc21)OCCO3. The van der Waals surface area contributed by atoms with Crippen molar-refractivity contribution in [3.05, 3.63) is 38.3 Å². The molecule has 0 radical (unpaired) electrons. The van der Waals surface area contributed by atoms with Crippen LogP contribution in [0.2, 0.25) is 4.34 Å². The highest BCUT2D eigenvalue weighted by atomic mass is 35.5. The monoisotopic (exact) mass is 394 g/mol. The molecule has 0 atom stereocenters. The molecule has 0 saturated carbocycles. The highest BCUT2D eigenvalue weighted by Gasteiger charge is 2.17. The Bertz CT molecular complexity index is 1020. The normalized spacial score (nSPS) is 14.2. The van der Waals surface area contributed by atoms with Crippen molar-refractivity contribution in [2.24, 2.45) is 4.99 Å². The van der Waals surface area contributed by atoms with Crippen molar-refractivity contribution < 1.29 is 14.3 Å². The van der Waals surface area contributed by atoms with E-state index in [1.807, 2.05) is 12.1 Å². The van der Waals surface area contributed by atoms with Gasteiger partial charge in [-0.25, -0.2) is 0 Å². The summed E-state index contributed by atoms with van der Waals surface area (Å²) in [5.74, 6) is 1.21. The van der Waals surface area contributed by atoms with Crippen LogP contribution < -0.4 is 14.3 Å². The van der Waals surface area contributed by atoms with Gasteiger partial charge in [0.25, 0.3) is 5.91 Å². The molecule has 1 aromatic carbocycles. The average molecular weight is 395 g/mol. The maximum atomic E-state index is 12.4. The number of fused-ring (bicyclic) bond motifs is 2. The standard InChI is InChI=1S/C17H15ClN2O3S2/c1-2-5-20-10-8-11-12(23-7-6-22-11)9-14(10)25-17(20)19-16(21)13-3-4-15(18)24-13/h3-4,8-9H,2,5-7H2,1H3. The predicted octanol–water partition coefficient (Wildman–Crippen LogP) is 4.34. The van der Waals surface area contributed by atoms with Gasteiger partial charge >= 0.3 is 0 Å². The molecule has 0 aliphatic carbocycles. The number of benzene rings is 1. The number of thiazole rings is 1. The number of ether oxygens (including phenoxy) is 2. The lowest BCUT2D eigenvalue weighted by Crippen LogP contribution is -2.17. The third kappa shape index (κ3) is 3.19. The Hall–Kier alpha value is -1.83. The molecule has 0 fully saturated rings. The van der Waals surface area contributed by atoms with Crippen molar-refractivity contribution in [1.29, 1.82) is 0 Å². The lowest BCUT2D eigenvalue weighted by molar-refractivity contribution is 0.100. The summed E-state index contributed by atoms with van der Waals surface area (Å²) in [6.45, 7) is 3.97. The minimum absolute atomic E-state index is 0.273. The van der Waals surface area contributed by atoms with Gasteiger partial charge in [0, 0.05) is 18.7 Å². The molecule has 1 aliphatic rings. The fourth-order valence-corrected chi connectivity index (χ4v) is 4.69. The summed E-state index contributed by atoms with van der Waals surface area (Å²) >= 11 is 8.64. The van der Waals surface area contributed by atoms with Crippen LogP contribution in [0, 0.1) is 0 Å². The van der Waals surface area contributed by atoms with Crippen LogP contribution in [-0.2, 0) is 6.54 Å². The summed E-state index contributed by atoms with van der Waals surface area (Å²) in [4.78, 5) is 18.0. The van der Waals surface area contributed by atoms with Gasteiger partial charge in [-0.15, -0.1) is 11.3 Å². The molecule has 0 spiro atoms. The molecule has 0 saturated heterocycles. The zero-order valence-electron chi connectivity index (χ0n) is 13.5. The summed E-state index contributed by atoms with van der Waals surface area (Å²) in [5, 5.41) is 0. The van der Waals surface area contributed by atoms with E-state index >= 15 is 0 Å². The summed E-state index contributed by atoms with van der Waals surface area (Å²) in [6, 6.07) is 7.35. The van der Waals surface area contributed by atoms with Gasteiger partial charge in [-0.3, -0.25) is 4.79 Å². The molecule has 8 heteroatoms. The van der Waals surface area contributed by atoms with E-state index < -0.39 is 0 Å². The zero-order chi connectivity index (χ0) is 17.4. The maximum absolute atomic E-state index is 12.4. The Kier molecular flexibility index (Phi) is 4.54. The van der Waals surface area contributed by atoms with Crippen LogP contribution in [0.1, 0.15) is 23.0 Å². The number of thiophene rings is 1. The van der Waals surface area contributed by atoms with Crippen molar-refractivity contribution in [1.82, 2.24) is 4.57 Å². The topological polar surface area (TPSA) is 52.8 Å². The summed E-state index contributed by atoms with van der Waals surface area (Å²) in [6.07, 6.45) is 0.937. The molecule has 5 nitrogen and oxygen atoms in total. The van der Waals surface area contributed by atoms with Crippen molar-refractivity contribution in [3.63, 3.8) is 0 Å². The van der Waals surface area contributed by atoms with E-state index in [0.717, 1.165) is 34.7 Å². The van der Waals surface area contributed by atoms with Crippen molar-refractivity contribution in [2.75, 3.05) is 13.2 Å². The van der Waals surface area contributed by atoms with E-state index in [9.17, 15) is 4.79 Å². The Balaban J connectivity index is 1.86. The highest BCUT2D eigenvalue weighted by molar-refractivity contribution is 7.18. The van der Waals surface area contributed by atoms with Gasteiger partial charge in [0.05, 0.1) is 19.4 Å². The lowest BCUT2D eigenvalue weighted by atomic mass is 10.2. The predicted molar refractivity (Wildman–Crippen MR) is 100 cm³/mol. The molecule has 3 heterocycles. The zero-order valence-corrected chi connectivity index (χ0v) is 15.8. The number of nitrogens with zero attached hydrogens (tertiary/aromatic N) is 2. The highest BCUT2D eigenvalue weighted by Crippen LogP contribution is 2.35. The Morgan fingerprint density at radius 1 is 1.24 bits per heavy atom. The first-order valence-electron chi connectivity index (χ1n) is 7.93. The van der Waals surface area contributed by atoms with Gasteiger partial charge in [0.1, 0.15) is 13.2 Å². The summed E-state index contributed by atoms with van der Waals surface area (Å²) in [7, 11) is 0. The molecule has 25 heavy (non-hydrogen) atoms. The maximum Gasteiger partial charge on any atom is 0.289 e. The van der Waals surface area contributed by atoms with Crippen LogP contribution in [0.5, 0.6) is 11.5 Å². The molecule has 1 aliphatic heterocycles. The molecule has 0 unspecified atom stereocenters. The van der Waals surface area contributed by atoms with Gasteiger partial charge in [-0.2, -0.15) is 4.99 Å². The fraction of sp³-hybridized carbons (Fsp3) is 0.294. The molecule has 4 rings (SSSR count). The largest absolute Gasteiger partial charge is 0.486 e. The third-order valence-corrected chi connectivity index (χ3v) is 6.04. The van der Waals surface area contributed by atoms with Crippen molar-refractivity contribution in [2.45, 2.75) is 19.9 Å². The van der Waals surface area contributed by atoms with Crippen LogP contribution in [0.4, 0.5) is 0 Å². The number of hydrogen-bond donors (Lipinski definition) is 0. The number of aryl methyl sites for hydroxylation is 1. The van der Waals surface area contributed by atoms with Crippen LogP contribution in [0.25, 0.3) is 10.2 Å². The lowest BCUT2D eigenvalue weighted by Gasteiger charge is -2.18. The molecule has 0 bridgehead atoms. The number of carbonyl (C=O) groups excluding carboxylic acids is 1. The molecule has 130 valence electrons. The molecular formula is C17H15ClN2O3S2. The van der Waals surface area contributed by atoms with Crippen molar-refractivity contribution in [3.8, 4) is 11.5 Å². The van der Waals surface area contributed by atoms with E-state index in [0.29, 0.717) is 27.2 Å². The van der Waals surface area contributed by atoms with Gasteiger partial charge in [-0.05, 0) is 18.6 Å². The molecule has 3 aromatic rings. The number of carbonyl (C=O) groups is 1. The minimum Gasteiger partial charge on any atom is -0.486 e. The van der Waals surface area contributed by atoms with Crippen LogP contribution in [-0.4, -0.2) is 23.7 Å². The number of aromatic nitrogens is 1. The summed E-state index contributed by atoms with van der Waals surface area (Å²) < 4.78 is 15.0. The minimum atomic E-state index is -0.273. The van der Waals surface area contributed by atoms with Gasteiger partial charge in [-0.1, -0.05) is 29.9 Å². The molecule has 0 N–H and O–H groups in total. The van der Waals surface area contributed by atoms with E-state index in [2.05, 4.69) is 16.5 Å². The van der Waals surface area contributed by atoms with Crippen LogP contribution in [0.3, 0.4) is 0 Å². The Labute approximate surface area is 157 Å². The quantitative estimate of drug-likeness (QED) is 0.664.